The van der Waals surface area contributed by atoms with Crippen molar-refractivity contribution in [1.82, 2.24) is 15.2 Å². The highest BCUT2D eigenvalue weighted by Crippen LogP contribution is 2.29. The van der Waals surface area contributed by atoms with Crippen molar-refractivity contribution in [3.05, 3.63) is 35.5 Å². The molecule has 3 rings (SSSR count). The van der Waals surface area contributed by atoms with Gasteiger partial charge in [0.1, 0.15) is 0 Å². The summed E-state index contributed by atoms with van der Waals surface area (Å²) >= 11 is 0. The number of para-hydroxylation sites is 1. The summed E-state index contributed by atoms with van der Waals surface area (Å²) in [5.74, 6) is 1.94. The maximum absolute atomic E-state index is 4.72. The van der Waals surface area contributed by atoms with Crippen LogP contribution in [0.15, 0.2) is 24.4 Å². The highest BCUT2D eigenvalue weighted by molar-refractivity contribution is 5.64. The lowest BCUT2D eigenvalue weighted by Gasteiger charge is -2.21. The summed E-state index contributed by atoms with van der Waals surface area (Å²) in [5, 5.41) is 11.8. The average Bonchev–Trinajstić information content (AvgIpc) is 2.86. The van der Waals surface area contributed by atoms with Crippen LogP contribution in [0.4, 0.5) is 17.5 Å². The number of hydrogen-bond acceptors (Lipinski definition) is 5. The predicted octanol–water partition coefficient (Wildman–Crippen LogP) is 4.43. The third kappa shape index (κ3) is 3.83. The van der Waals surface area contributed by atoms with Crippen LogP contribution in [0.2, 0.25) is 0 Å². The molecule has 128 valence electrons. The third-order valence-electron chi connectivity index (χ3n) is 4.64. The van der Waals surface area contributed by atoms with Crippen molar-refractivity contribution >= 4 is 17.5 Å². The van der Waals surface area contributed by atoms with Gasteiger partial charge in [-0.15, -0.1) is 5.10 Å². The molecule has 1 aromatic heterocycles. The summed E-state index contributed by atoms with van der Waals surface area (Å²) in [6.45, 7) is 8.62. The lowest BCUT2D eigenvalue weighted by molar-refractivity contribution is 0.726. The van der Waals surface area contributed by atoms with Crippen LogP contribution in [0.1, 0.15) is 56.6 Å². The van der Waals surface area contributed by atoms with E-state index in [0.29, 0.717) is 11.9 Å². The Kier molecular flexibility index (Phi) is 5.28. The molecule has 2 aromatic rings. The first-order chi connectivity index (χ1) is 11.6. The Morgan fingerprint density at radius 3 is 2.54 bits per heavy atom. The normalized spacial score (nSPS) is 15.4. The second-order valence-electron chi connectivity index (χ2n) is 6.86. The van der Waals surface area contributed by atoms with Gasteiger partial charge in [0.25, 0.3) is 0 Å². The molecule has 1 aliphatic heterocycles. The van der Waals surface area contributed by atoms with Crippen molar-refractivity contribution in [3.8, 4) is 0 Å². The molecular formula is C19H27N5. The number of hydrogen-bond donors (Lipinski definition) is 1. The van der Waals surface area contributed by atoms with Crippen molar-refractivity contribution in [2.75, 3.05) is 23.3 Å². The molecule has 2 heterocycles. The van der Waals surface area contributed by atoms with E-state index >= 15 is 0 Å². The summed E-state index contributed by atoms with van der Waals surface area (Å²) in [5.41, 5.74) is 3.58. The Labute approximate surface area is 144 Å². The van der Waals surface area contributed by atoms with E-state index in [1.54, 1.807) is 6.20 Å². The Morgan fingerprint density at radius 1 is 1.08 bits per heavy atom. The van der Waals surface area contributed by atoms with Crippen LogP contribution in [0.5, 0.6) is 0 Å². The molecule has 1 aromatic carbocycles. The molecule has 5 nitrogen and oxygen atoms in total. The second kappa shape index (κ2) is 7.60. The summed E-state index contributed by atoms with van der Waals surface area (Å²) < 4.78 is 0. The Balaban J connectivity index is 1.85. The van der Waals surface area contributed by atoms with Crippen LogP contribution in [0.3, 0.4) is 0 Å². The topological polar surface area (TPSA) is 53.9 Å². The number of benzene rings is 1. The molecular weight excluding hydrogens is 298 g/mol. The molecule has 0 radical (unpaired) electrons. The van der Waals surface area contributed by atoms with Gasteiger partial charge in [0.15, 0.2) is 5.82 Å². The fourth-order valence-corrected chi connectivity index (χ4v) is 3.25. The van der Waals surface area contributed by atoms with Crippen molar-refractivity contribution in [2.45, 2.75) is 52.4 Å². The number of nitrogens with zero attached hydrogens (tertiary/aromatic N) is 4. The lowest BCUT2D eigenvalue weighted by Crippen LogP contribution is -2.25. The highest BCUT2D eigenvalue weighted by atomic mass is 15.3. The van der Waals surface area contributed by atoms with Gasteiger partial charge in [0.2, 0.25) is 5.95 Å². The predicted molar refractivity (Wildman–Crippen MR) is 99.1 cm³/mol. The summed E-state index contributed by atoms with van der Waals surface area (Å²) in [6, 6.07) is 6.37. The first-order valence-electron chi connectivity index (χ1n) is 8.96. The average molecular weight is 325 g/mol. The first kappa shape index (κ1) is 16.7. The van der Waals surface area contributed by atoms with E-state index in [9.17, 15) is 0 Å². The van der Waals surface area contributed by atoms with Crippen LogP contribution in [-0.2, 0) is 0 Å². The van der Waals surface area contributed by atoms with Gasteiger partial charge in [-0.3, -0.25) is 0 Å². The number of rotatable bonds is 4. The van der Waals surface area contributed by atoms with Gasteiger partial charge in [-0.25, -0.2) is 0 Å². The Hall–Kier alpha value is -2.17. The van der Waals surface area contributed by atoms with Crippen molar-refractivity contribution in [1.29, 1.82) is 0 Å². The zero-order valence-electron chi connectivity index (χ0n) is 14.9. The molecule has 5 heteroatoms. The third-order valence-corrected chi connectivity index (χ3v) is 4.64. The minimum atomic E-state index is 0.439. The molecule has 0 atom stereocenters. The number of nitrogens with one attached hydrogen (secondary N) is 1. The first-order valence-corrected chi connectivity index (χ1v) is 8.96. The minimum Gasteiger partial charge on any atom is -0.355 e. The Morgan fingerprint density at radius 2 is 1.83 bits per heavy atom. The summed E-state index contributed by atoms with van der Waals surface area (Å²) in [4.78, 5) is 7.04. The highest BCUT2D eigenvalue weighted by Gasteiger charge is 2.14. The molecule has 1 saturated heterocycles. The smallest absolute Gasteiger partial charge is 0.249 e. The molecule has 1 N–H and O–H groups in total. The molecule has 0 bridgehead atoms. The van der Waals surface area contributed by atoms with Crippen LogP contribution in [-0.4, -0.2) is 28.3 Å². The van der Waals surface area contributed by atoms with E-state index in [2.05, 4.69) is 59.4 Å². The van der Waals surface area contributed by atoms with Crippen LogP contribution < -0.4 is 10.2 Å². The van der Waals surface area contributed by atoms with Crippen molar-refractivity contribution in [2.24, 2.45) is 0 Å². The van der Waals surface area contributed by atoms with E-state index < -0.39 is 0 Å². The second-order valence-corrected chi connectivity index (χ2v) is 6.86. The molecule has 0 amide bonds. The standard InChI is InChI=1S/C19H27N5/c1-14(2)16-10-8-9-15(3)18(16)22-19-21-17(13-20-23-19)24-11-6-4-5-7-12-24/h8-10,13-14H,4-7,11-12H2,1-3H3,(H,21,22,23). The van der Waals surface area contributed by atoms with E-state index in [-0.39, 0.29) is 0 Å². The van der Waals surface area contributed by atoms with Crippen molar-refractivity contribution < 1.29 is 0 Å². The van der Waals surface area contributed by atoms with Gasteiger partial charge in [0, 0.05) is 18.8 Å². The SMILES string of the molecule is Cc1cccc(C(C)C)c1Nc1nncc(N2CCCCCC2)n1. The van der Waals surface area contributed by atoms with Gasteiger partial charge in [-0.05, 0) is 36.8 Å². The molecule has 0 unspecified atom stereocenters. The van der Waals surface area contributed by atoms with Crippen LogP contribution >= 0.6 is 0 Å². The van der Waals surface area contributed by atoms with E-state index in [1.165, 1.54) is 36.8 Å². The fourth-order valence-electron chi connectivity index (χ4n) is 3.25. The quantitative estimate of drug-likeness (QED) is 0.901. The van der Waals surface area contributed by atoms with Gasteiger partial charge in [-0.1, -0.05) is 44.9 Å². The van der Waals surface area contributed by atoms with Crippen molar-refractivity contribution in [3.63, 3.8) is 0 Å². The van der Waals surface area contributed by atoms with Gasteiger partial charge < -0.3 is 10.2 Å². The summed E-state index contributed by atoms with van der Waals surface area (Å²) in [7, 11) is 0. The van der Waals surface area contributed by atoms with Gasteiger partial charge in [-0.2, -0.15) is 10.1 Å². The molecule has 0 saturated carbocycles. The zero-order valence-corrected chi connectivity index (χ0v) is 14.9. The molecule has 0 aliphatic carbocycles. The summed E-state index contributed by atoms with van der Waals surface area (Å²) in [6.07, 6.45) is 6.84. The lowest BCUT2D eigenvalue weighted by atomic mass is 9.98. The maximum atomic E-state index is 4.72. The largest absolute Gasteiger partial charge is 0.355 e. The number of anilines is 3. The van der Waals surface area contributed by atoms with Gasteiger partial charge >= 0.3 is 0 Å². The van der Waals surface area contributed by atoms with Gasteiger partial charge in [0.05, 0.1) is 6.20 Å². The monoisotopic (exact) mass is 325 g/mol. The van der Waals surface area contributed by atoms with E-state index in [0.717, 1.165) is 24.6 Å². The van der Waals surface area contributed by atoms with E-state index in [1.807, 2.05) is 0 Å². The maximum Gasteiger partial charge on any atom is 0.249 e. The van der Waals surface area contributed by atoms with Crippen LogP contribution in [0, 0.1) is 6.92 Å². The molecule has 1 aliphatic rings. The fraction of sp³-hybridized carbons (Fsp3) is 0.526. The number of aromatic nitrogens is 3. The number of aryl methyl sites for hydroxylation is 1. The molecule has 1 fully saturated rings. The van der Waals surface area contributed by atoms with E-state index in [4.69, 9.17) is 4.98 Å². The Bertz CT molecular complexity index is 675. The molecule has 24 heavy (non-hydrogen) atoms. The van der Waals surface area contributed by atoms with Crippen LogP contribution in [0.25, 0.3) is 0 Å². The zero-order chi connectivity index (χ0) is 16.9. The minimum absolute atomic E-state index is 0.439. The molecule has 0 spiro atoms.